The smallest absolute Gasteiger partial charge is 0.256 e. The lowest BCUT2D eigenvalue weighted by Gasteiger charge is -2.11. The molecule has 0 radical (unpaired) electrons. The number of anilines is 1. The first kappa shape index (κ1) is 17.7. The Balaban J connectivity index is 1.70. The van der Waals surface area contributed by atoms with E-state index in [4.69, 9.17) is 4.98 Å². The van der Waals surface area contributed by atoms with E-state index in [1.54, 1.807) is 0 Å². The Labute approximate surface area is 171 Å². The van der Waals surface area contributed by atoms with Crippen molar-refractivity contribution in [3.8, 4) is 11.3 Å². The number of benzene rings is 2. The van der Waals surface area contributed by atoms with Crippen LogP contribution in [0, 0.1) is 17.4 Å². The lowest BCUT2D eigenvalue weighted by Crippen LogP contribution is -2.14. The van der Waals surface area contributed by atoms with Crippen LogP contribution in [0.5, 0.6) is 0 Å². The van der Waals surface area contributed by atoms with Crippen molar-refractivity contribution in [2.75, 3.05) is 5.32 Å². The molecule has 0 unspecified atom stereocenters. The SMILES string of the molecule is Cc1ccc(-c2cn3cccc(C)c3n2)cc1NC(=O)c1ccccc1I. The third kappa shape index (κ3) is 3.47. The van der Waals surface area contributed by atoms with Gasteiger partial charge in [0.1, 0.15) is 5.65 Å². The van der Waals surface area contributed by atoms with Crippen LogP contribution in [0.4, 0.5) is 5.69 Å². The summed E-state index contributed by atoms with van der Waals surface area (Å²) in [5.41, 5.74) is 6.41. The van der Waals surface area contributed by atoms with E-state index in [2.05, 4.69) is 27.9 Å². The Bertz CT molecular complexity index is 1160. The second-order valence-electron chi connectivity index (χ2n) is 6.51. The van der Waals surface area contributed by atoms with Crippen molar-refractivity contribution in [1.29, 1.82) is 0 Å². The van der Waals surface area contributed by atoms with Crippen LogP contribution >= 0.6 is 22.6 Å². The number of amides is 1. The van der Waals surface area contributed by atoms with Crippen molar-refractivity contribution in [2.45, 2.75) is 13.8 Å². The summed E-state index contributed by atoms with van der Waals surface area (Å²) >= 11 is 2.18. The highest BCUT2D eigenvalue weighted by Gasteiger charge is 2.13. The van der Waals surface area contributed by atoms with E-state index in [0.717, 1.165) is 37.3 Å². The Morgan fingerprint density at radius 3 is 2.63 bits per heavy atom. The van der Waals surface area contributed by atoms with E-state index in [0.29, 0.717) is 5.56 Å². The molecule has 4 nitrogen and oxygen atoms in total. The maximum atomic E-state index is 12.7. The van der Waals surface area contributed by atoms with Crippen LogP contribution in [0.1, 0.15) is 21.5 Å². The average molecular weight is 467 g/mol. The minimum absolute atomic E-state index is 0.105. The van der Waals surface area contributed by atoms with Crippen molar-refractivity contribution >= 4 is 39.8 Å². The summed E-state index contributed by atoms with van der Waals surface area (Å²) in [6.45, 7) is 4.04. The van der Waals surface area contributed by atoms with Crippen LogP contribution < -0.4 is 5.32 Å². The first-order valence-corrected chi connectivity index (χ1v) is 9.72. The molecule has 0 fully saturated rings. The fourth-order valence-corrected chi connectivity index (χ4v) is 3.68. The van der Waals surface area contributed by atoms with Crippen LogP contribution in [-0.4, -0.2) is 15.3 Å². The van der Waals surface area contributed by atoms with E-state index in [1.807, 2.05) is 85.2 Å². The zero-order chi connectivity index (χ0) is 19.0. The average Bonchev–Trinajstić information content (AvgIpc) is 3.09. The Hall–Kier alpha value is -2.67. The fourth-order valence-electron chi connectivity index (χ4n) is 3.04. The van der Waals surface area contributed by atoms with Crippen molar-refractivity contribution in [3.05, 3.63) is 87.3 Å². The summed E-state index contributed by atoms with van der Waals surface area (Å²) in [6.07, 6.45) is 4.01. The monoisotopic (exact) mass is 467 g/mol. The number of carbonyl (C=O) groups is 1. The van der Waals surface area contributed by atoms with Crippen molar-refractivity contribution < 1.29 is 4.79 Å². The first-order chi connectivity index (χ1) is 13.0. The van der Waals surface area contributed by atoms with E-state index < -0.39 is 0 Å². The molecule has 1 N–H and O–H groups in total. The third-order valence-corrected chi connectivity index (χ3v) is 5.52. The lowest BCUT2D eigenvalue weighted by atomic mass is 10.1. The van der Waals surface area contributed by atoms with E-state index in [-0.39, 0.29) is 5.91 Å². The van der Waals surface area contributed by atoms with Gasteiger partial charge in [0, 0.05) is 27.2 Å². The standard InChI is InChI=1S/C22H18IN3O/c1-14-9-10-16(20-13-26-11-5-6-15(2)21(26)24-20)12-19(14)25-22(27)17-7-3-4-8-18(17)23/h3-13H,1-2H3,(H,25,27). The van der Waals surface area contributed by atoms with Gasteiger partial charge in [0.25, 0.3) is 5.91 Å². The number of rotatable bonds is 3. The van der Waals surface area contributed by atoms with Crippen molar-refractivity contribution in [1.82, 2.24) is 9.38 Å². The highest BCUT2D eigenvalue weighted by Crippen LogP contribution is 2.26. The molecule has 0 bridgehead atoms. The maximum absolute atomic E-state index is 12.7. The molecule has 0 atom stereocenters. The number of nitrogens with one attached hydrogen (secondary N) is 1. The van der Waals surface area contributed by atoms with Gasteiger partial charge >= 0.3 is 0 Å². The van der Waals surface area contributed by atoms with Gasteiger partial charge in [-0.05, 0) is 71.8 Å². The molecule has 0 saturated heterocycles. The lowest BCUT2D eigenvalue weighted by molar-refractivity contribution is 0.102. The zero-order valence-electron chi connectivity index (χ0n) is 15.0. The van der Waals surface area contributed by atoms with Gasteiger partial charge in [-0.15, -0.1) is 0 Å². The molecule has 0 aliphatic rings. The topological polar surface area (TPSA) is 46.4 Å². The number of nitrogens with zero attached hydrogens (tertiary/aromatic N) is 2. The predicted octanol–water partition coefficient (Wildman–Crippen LogP) is 5.48. The van der Waals surface area contributed by atoms with Crippen LogP contribution in [0.15, 0.2) is 67.0 Å². The number of pyridine rings is 1. The number of aromatic nitrogens is 2. The second-order valence-corrected chi connectivity index (χ2v) is 7.67. The van der Waals surface area contributed by atoms with E-state index >= 15 is 0 Å². The second kappa shape index (κ2) is 7.15. The first-order valence-electron chi connectivity index (χ1n) is 8.64. The highest BCUT2D eigenvalue weighted by molar-refractivity contribution is 14.1. The summed E-state index contributed by atoms with van der Waals surface area (Å²) < 4.78 is 2.95. The molecule has 2 aromatic carbocycles. The van der Waals surface area contributed by atoms with E-state index in [9.17, 15) is 4.79 Å². The maximum Gasteiger partial charge on any atom is 0.256 e. The molecule has 0 spiro atoms. The number of fused-ring (bicyclic) bond motifs is 1. The minimum atomic E-state index is -0.105. The summed E-state index contributed by atoms with van der Waals surface area (Å²) in [6, 6.07) is 17.7. The van der Waals surface area contributed by atoms with Gasteiger partial charge in [-0.25, -0.2) is 4.98 Å². The summed E-state index contributed by atoms with van der Waals surface area (Å²) in [5.74, 6) is -0.105. The van der Waals surface area contributed by atoms with Crippen LogP contribution in [0.3, 0.4) is 0 Å². The number of halogens is 1. The molecule has 4 aromatic rings. The Morgan fingerprint density at radius 2 is 1.85 bits per heavy atom. The Morgan fingerprint density at radius 1 is 1.04 bits per heavy atom. The molecule has 0 aliphatic heterocycles. The van der Waals surface area contributed by atoms with Gasteiger partial charge in [0.2, 0.25) is 0 Å². The molecule has 0 saturated carbocycles. The molecular weight excluding hydrogens is 449 g/mol. The van der Waals surface area contributed by atoms with Gasteiger partial charge in [0.15, 0.2) is 0 Å². The van der Waals surface area contributed by atoms with Gasteiger partial charge < -0.3 is 9.72 Å². The summed E-state index contributed by atoms with van der Waals surface area (Å²) in [7, 11) is 0. The van der Waals surface area contributed by atoms with Gasteiger partial charge in [-0.3, -0.25) is 4.79 Å². The molecule has 0 aliphatic carbocycles. The minimum Gasteiger partial charge on any atom is -0.322 e. The number of aryl methyl sites for hydroxylation is 2. The van der Waals surface area contributed by atoms with Crippen LogP contribution in [0.25, 0.3) is 16.9 Å². The zero-order valence-corrected chi connectivity index (χ0v) is 17.2. The quantitative estimate of drug-likeness (QED) is 0.406. The molecule has 1 amide bonds. The molecule has 27 heavy (non-hydrogen) atoms. The fraction of sp³-hybridized carbons (Fsp3) is 0.0909. The molecule has 134 valence electrons. The van der Waals surface area contributed by atoms with Crippen molar-refractivity contribution in [3.63, 3.8) is 0 Å². The number of carbonyl (C=O) groups excluding carboxylic acids is 1. The predicted molar refractivity (Wildman–Crippen MR) is 117 cm³/mol. The van der Waals surface area contributed by atoms with Gasteiger partial charge in [0.05, 0.1) is 11.3 Å². The molecule has 2 heterocycles. The summed E-state index contributed by atoms with van der Waals surface area (Å²) in [5, 5.41) is 3.04. The molecule has 2 aromatic heterocycles. The van der Waals surface area contributed by atoms with Crippen LogP contribution in [-0.2, 0) is 0 Å². The Kier molecular flexibility index (Phi) is 4.70. The third-order valence-electron chi connectivity index (χ3n) is 4.58. The largest absolute Gasteiger partial charge is 0.322 e. The summed E-state index contributed by atoms with van der Waals surface area (Å²) in [4.78, 5) is 17.4. The van der Waals surface area contributed by atoms with Gasteiger partial charge in [-0.2, -0.15) is 0 Å². The van der Waals surface area contributed by atoms with Crippen molar-refractivity contribution in [2.24, 2.45) is 0 Å². The normalized spacial score (nSPS) is 10.9. The highest BCUT2D eigenvalue weighted by atomic mass is 127. The molecule has 4 rings (SSSR count). The van der Waals surface area contributed by atoms with Crippen LogP contribution in [0.2, 0.25) is 0 Å². The molecule has 5 heteroatoms. The molecular formula is C22H18IN3O. The number of hydrogen-bond donors (Lipinski definition) is 1. The number of imidazole rings is 1. The van der Waals surface area contributed by atoms with E-state index in [1.165, 1.54) is 0 Å². The van der Waals surface area contributed by atoms with Gasteiger partial charge in [-0.1, -0.05) is 30.3 Å². The number of hydrogen-bond acceptors (Lipinski definition) is 2.